The average molecular weight is 272 g/mol. The number of anilines is 1. The number of hydrogen-bond acceptors (Lipinski definition) is 4. The Morgan fingerprint density at radius 1 is 1.30 bits per heavy atom. The number of likely N-dealkylation sites (N-methyl/N-ethyl adjacent to an activating group) is 1. The Bertz CT molecular complexity index is 644. The van der Waals surface area contributed by atoms with Crippen LogP contribution in [0.25, 0.3) is 10.9 Å². The van der Waals surface area contributed by atoms with E-state index >= 15 is 0 Å². The summed E-state index contributed by atoms with van der Waals surface area (Å²) >= 11 is 0. The lowest BCUT2D eigenvalue weighted by Crippen LogP contribution is -2.41. The molecule has 1 aromatic heterocycles. The van der Waals surface area contributed by atoms with Crippen molar-refractivity contribution in [3.63, 3.8) is 0 Å². The van der Waals surface area contributed by atoms with E-state index in [1.807, 2.05) is 48.3 Å². The molecule has 0 spiro atoms. The van der Waals surface area contributed by atoms with Crippen molar-refractivity contribution in [2.45, 2.75) is 6.04 Å². The number of para-hydroxylation sites is 1. The third kappa shape index (κ3) is 2.20. The van der Waals surface area contributed by atoms with Crippen LogP contribution in [0.5, 0.6) is 0 Å². The predicted molar refractivity (Wildman–Crippen MR) is 75.9 cm³/mol. The van der Waals surface area contributed by atoms with Gasteiger partial charge in [-0.3, -0.25) is 4.79 Å². The number of rotatable bonds is 3. The number of fused-ring (bicyclic) bond motifs is 1. The van der Waals surface area contributed by atoms with Crippen molar-refractivity contribution in [3.05, 3.63) is 36.4 Å². The van der Waals surface area contributed by atoms with E-state index in [9.17, 15) is 9.90 Å². The quantitative estimate of drug-likeness (QED) is 0.922. The van der Waals surface area contributed by atoms with Gasteiger partial charge in [-0.15, -0.1) is 0 Å². The highest BCUT2D eigenvalue weighted by molar-refractivity contribution is 5.80. The third-order valence-electron chi connectivity index (χ3n) is 3.81. The first-order valence-electron chi connectivity index (χ1n) is 6.56. The Kier molecular flexibility index (Phi) is 3.28. The van der Waals surface area contributed by atoms with Gasteiger partial charge in [0.05, 0.1) is 24.8 Å². The molecule has 1 fully saturated rings. The van der Waals surface area contributed by atoms with Gasteiger partial charge in [-0.1, -0.05) is 18.2 Å². The molecule has 104 valence electrons. The van der Waals surface area contributed by atoms with Crippen LogP contribution >= 0.6 is 0 Å². The minimum Gasteiger partial charge on any atom is -0.481 e. The maximum atomic E-state index is 11.2. The van der Waals surface area contributed by atoms with E-state index in [1.165, 1.54) is 0 Å². The van der Waals surface area contributed by atoms with Crippen LogP contribution in [0.15, 0.2) is 36.4 Å². The molecule has 1 aromatic carbocycles. The monoisotopic (exact) mass is 272 g/mol. The third-order valence-corrected chi connectivity index (χ3v) is 3.81. The highest BCUT2D eigenvalue weighted by atomic mass is 16.5. The van der Waals surface area contributed by atoms with Gasteiger partial charge in [-0.2, -0.15) is 0 Å². The van der Waals surface area contributed by atoms with Gasteiger partial charge in [0.2, 0.25) is 0 Å². The molecule has 5 heteroatoms. The maximum Gasteiger partial charge on any atom is 0.311 e. The maximum absolute atomic E-state index is 11.2. The van der Waals surface area contributed by atoms with Crippen molar-refractivity contribution in [2.75, 3.05) is 25.2 Å². The normalized spacial score (nSPS) is 22.1. The summed E-state index contributed by atoms with van der Waals surface area (Å²) in [6.45, 7) is 0.680. The summed E-state index contributed by atoms with van der Waals surface area (Å²) in [4.78, 5) is 17.7. The van der Waals surface area contributed by atoms with Gasteiger partial charge in [0.15, 0.2) is 0 Å². The molecule has 2 unspecified atom stereocenters. The first-order valence-corrected chi connectivity index (χ1v) is 6.56. The number of hydrogen-bond donors (Lipinski definition) is 1. The summed E-state index contributed by atoms with van der Waals surface area (Å²) in [6, 6.07) is 11.6. The first kappa shape index (κ1) is 12.9. The Labute approximate surface area is 116 Å². The predicted octanol–water partition coefficient (Wildman–Crippen LogP) is 1.77. The van der Waals surface area contributed by atoms with Crippen molar-refractivity contribution in [1.29, 1.82) is 0 Å². The second-order valence-electron chi connectivity index (χ2n) is 5.02. The largest absolute Gasteiger partial charge is 0.481 e. The summed E-state index contributed by atoms with van der Waals surface area (Å²) in [5, 5.41) is 10.3. The van der Waals surface area contributed by atoms with Crippen LogP contribution in [-0.2, 0) is 9.53 Å². The molecule has 2 atom stereocenters. The van der Waals surface area contributed by atoms with Gasteiger partial charge in [-0.05, 0) is 18.2 Å². The number of pyridine rings is 1. The van der Waals surface area contributed by atoms with Crippen LogP contribution in [-0.4, -0.2) is 42.4 Å². The first-order chi connectivity index (χ1) is 9.66. The van der Waals surface area contributed by atoms with Crippen molar-refractivity contribution in [1.82, 2.24) is 4.98 Å². The number of carboxylic acids is 1. The van der Waals surface area contributed by atoms with Crippen LogP contribution in [0.2, 0.25) is 0 Å². The Morgan fingerprint density at radius 2 is 2.10 bits per heavy atom. The van der Waals surface area contributed by atoms with Crippen molar-refractivity contribution in [2.24, 2.45) is 5.92 Å². The summed E-state index contributed by atoms with van der Waals surface area (Å²) < 4.78 is 5.31. The second-order valence-corrected chi connectivity index (χ2v) is 5.02. The summed E-state index contributed by atoms with van der Waals surface area (Å²) in [7, 11) is 1.87. The highest BCUT2D eigenvalue weighted by Gasteiger charge is 2.37. The fraction of sp³-hybridized carbons (Fsp3) is 0.333. The summed E-state index contributed by atoms with van der Waals surface area (Å²) in [5.74, 6) is -0.557. The Morgan fingerprint density at radius 3 is 2.90 bits per heavy atom. The average Bonchev–Trinajstić information content (AvgIpc) is 2.95. The van der Waals surface area contributed by atoms with Gasteiger partial charge < -0.3 is 14.7 Å². The van der Waals surface area contributed by atoms with Gasteiger partial charge in [0, 0.05) is 12.4 Å². The molecule has 0 saturated carbocycles. The number of aliphatic carboxylic acids is 1. The lowest BCUT2D eigenvalue weighted by molar-refractivity contribution is -0.141. The Hall–Kier alpha value is -2.14. The number of aromatic nitrogens is 1. The smallest absolute Gasteiger partial charge is 0.311 e. The standard InChI is InChI=1S/C15H16N2O3/c1-17(13-9-20-8-11(13)15(18)19)14-7-6-10-4-2-3-5-12(10)16-14/h2-7,11,13H,8-9H2,1H3,(H,18,19). The zero-order valence-electron chi connectivity index (χ0n) is 11.2. The topological polar surface area (TPSA) is 62.7 Å². The zero-order valence-corrected chi connectivity index (χ0v) is 11.2. The van der Waals surface area contributed by atoms with E-state index in [-0.39, 0.29) is 12.6 Å². The van der Waals surface area contributed by atoms with Gasteiger partial charge in [-0.25, -0.2) is 4.98 Å². The van der Waals surface area contributed by atoms with Gasteiger partial charge >= 0.3 is 5.97 Å². The second kappa shape index (κ2) is 5.09. The molecule has 2 heterocycles. The van der Waals surface area contributed by atoms with Crippen molar-refractivity contribution in [3.8, 4) is 0 Å². The molecule has 1 aliphatic rings. The van der Waals surface area contributed by atoms with E-state index in [4.69, 9.17) is 4.74 Å². The van der Waals surface area contributed by atoms with Crippen LogP contribution in [0, 0.1) is 5.92 Å². The molecule has 2 aromatic rings. The summed E-state index contributed by atoms with van der Waals surface area (Å²) in [5.41, 5.74) is 0.905. The minimum atomic E-state index is -0.819. The number of ether oxygens (including phenoxy) is 1. The molecule has 1 saturated heterocycles. The fourth-order valence-corrected chi connectivity index (χ4v) is 2.58. The number of carboxylic acid groups (broad SMARTS) is 1. The van der Waals surface area contributed by atoms with E-state index in [0.717, 1.165) is 16.7 Å². The van der Waals surface area contributed by atoms with Gasteiger partial charge in [0.25, 0.3) is 0 Å². The molecule has 3 rings (SSSR count). The molecule has 0 aliphatic carbocycles. The lowest BCUT2D eigenvalue weighted by Gasteiger charge is -2.27. The molecular weight excluding hydrogens is 256 g/mol. The molecule has 0 radical (unpaired) electrons. The molecule has 1 N–H and O–H groups in total. The highest BCUT2D eigenvalue weighted by Crippen LogP contribution is 2.25. The zero-order chi connectivity index (χ0) is 14.1. The van der Waals surface area contributed by atoms with E-state index in [0.29, 0.717) is 6.61 Å². The molecular formula is C15H16N2O3. The number of nitrogens with zero attached hydrogens (tertiary/aromatic N) is 2. The SMILES string of the molecule is CN(c1ccc2ccccc2n1)C1COCC1C(=O)O. The van der Waals surface area contributed by atoms with E-state index < -0.39 is 11.9 Å². The van der Waals surface area contributed by atoms with Crippen molar-refractivity contribution < 1.29 is 14.6 Å². The van der Waals surface area contributed by atoms with Crippen LogP contribution in [0.3, 0.4) is 0 Å². The molecule has 20 heavy (non-hydrogen) atoms. The Balaban J connectivity index is 1.91. The summed E-state index contributed by atoms with van der Waals surface area (Å²) in [6.07, 6.45) is 0. The molecule has 1 aliphatic heterocycles. The van der Waals surface area contributed by atoms with Crippen LogP contribution in [0.1, 0.15) is 0 Å². The molecule has 0 amide bonds. The lowest BCUT2D eigenvalue weighted by atomic mass is 10.0. The number of carbonyl (C=O) groups is 1. The molecule has 0 bridgehead atoms. The van der Waals surface area contributed by atoms with Crippen LogP contribution < -0.4 is 4.90 Å². The minimum absolute atomic E-state index is 0.179. The van der Waals surface area contributed by atoms with Crippen molar-refractivity contribution >= 4 is 22.7 Å². The van der Waals surface area contributed by atoms with Gasteiger partial charge in [0.1, 0.15) is 11.7 Å². The van der Waals surface area contributed by atoms with E-state index in [1.54, 1.807) is 0 Å². The number of benzene rings is 1. The van der Waals surface area contributed by atoms with E-state index in [2.05, 4.69) is 4.98 Å². The van der Waals surface area contributed by atoms with Crippen LogP contribution in [0.4, 0.5) is 5.82 Å². The molecule has 5 nitrogen and oxygen atoms in total. The fourth-order valence-electron chi connectivity index (χ4n) is 2.58.